The number of aliphatic carboxylic acids is 1. The van der Waals surface area contributed by atoms with Crippen LogP contribution in [-0.2, 0) is 26.3 Å². The lowest BCUT2D eigenvalue weighted by molar-refractivity contribution is -0.698. The van der Waals surface area contributed by atoms with Gasteiger partial charge in [-0.25, -0.2) is 4.57 Å². The number of carboxylic acid groups (broad SMARTS) is 1. The highest BCUT2D eigenvalue weighted by Gasteiger charge is 2.57. The lowest BCUT2D eigenvalue weighted by Crippen LogP contribution is -2.74. The smallest absolute Gasteiger partial charge is 0.313 e. The Bertz CT molecular complexity index is 1320. The third-order valence-corrected chi connectivity index (χ3v) is 9.38. The second-order valence-electron chi connectivity index (χ2n) is 8.44. The summed E-state index contributed by atoms with van der Waals surface area (Å²) in [6, 6.07) is -0.883. The zero-order valence-corrected chi connectivity index (χ0v) is 22.7. The van der Waals surface area contributed by atoms with Crippen molar-refractivity contribution in [1.29, 1.82) is 0 Å². The number of anilines is 4. The van der Waals surface area contributed by atoms with Gasteiger partial charge in [0.05, 0.1) is 7.05 Å². The quantitative estimate of drug-likeness (QED) is 0.0470. The number of hydrogen-bond donors (Lipinski definition) is 6. The molecule has 16 nitrogen and oxygen atoms in total. The fraction of sp³-hybridized carbons (Fsp3) is 0.474. The number of carbonyl (C=O) groups excluding carboxylic acids is 2. The molecule has 0 saturated carbocycles. The fourth-order valence-electron chi connectivity index (χ4n) is 3.74. The highest BCUT2D eigenvalue weighted by molar-refractivity contribution is 8.00. The van der Waals surface area contributed by atoms with Crippen molar-refractivity contribution < 1.29 is 28.9 Å². The molecule has 3 atom stereocenters. The van der Waals surface area contributed by atoms with Gasteiger partial charge in [0.1, 0.15) is 23.4 Å². The molecule has 2 fully saturated rings. The van der Waals surface area contributed by atoms with Gasteiger partial charge in [-0.05, 0) is 6.92 Å². The van der Waals surface area contributed by atoms with Crippen LogP contribution in [0.5, 0.6) is 0 Å². The Morgan fingerprint density at radius 2 is 2.08 bits per heavy atom. The van der Waals surface area contributed by atoms with Gasteiger partial charge in [-0.15, -0.1) is 11.8 Å². The number of rotatable bonds is 9. The van der Waals surface area contributed by atoms with Crippen LogP contribution in [0.3, 0.4) is 0 Å². The molecule has 19 heteroatoms. The van der Waals surface area contributed by atoms with E-state index in [1.165, 1.54) is 21.2 Å². The standard InChI is InChI=1S/C19H25N11O5S3/c1-3-35-27-8(12-26-17(23)38-28-12)13(31)24-9-14(32)30-4-19(16(33)34,5-36-15(9)30)6-37-18-25-10(21)7(20)11(22)29(18)2/h9,15H,3-6H2,1-2H3,(H9,20,21,22,23,24,26,27,28,31,33,34)/p+1/t9?,15-,19?/m1/s1. The van der Waals surface area contributed by atoms with E-state index in [-0.39, 0.29) is 58.6 Å². The van der Waals surface area contributed by atoms with E-state index >= 15 is 0 Å². The molecular weight excluding hydrogens is 558 g/mol. The Balaban J connectivity index is 1.45. The molecule has 2 aliphatic heterocycles. The largest absolute Gasteiger partial charge is 0.481 e. The first-order valence-corrected chi connectivity index (χ1v) is 13.9. The van der Waals surface area contributed by atoms with Crippen LogP contribution in [0.2, 0.25) is 0 Å². The summed E-state index contributed by atoms with van der Waals surface area (Å²) in [5.41, 5.74) is 21.8. The summed E-state index contributed by atoms with van der Waals surface area (Å²) in [5, 5.41) is 16.6. The molecule has 0 aromatic carbocycles. The molecule has 0 bridgehead atoms. The second kappa shape index (κ2) is 10.7. The van der Waals surface area contributed by atoms with Gasteiger partial charge in [0, 0.05) is 29.6 Å². The van der Waals surface area contributed by atoms with Crippen LogP contribution < -0.4 is 32.8 Å². The monoisotopic (exact) mass is 584 g/mol. The maximum atomic E-state index is 13.0. The van der Waals surface area contributed by atoms with Crippen LogP contribution in [-0.4, -0.2) is 83.9 Å². The number of hydrogen-bond acceptors (Lipinski definition) is 15. The predicted molar refractivity (Wildman–Crippen MR) is 142 cm³/mol. The molecule has 38 heavy (non-hydrogen) atoms. The van der Waals surface area contributed by atoms with Gasteiger partial charge in [0.15, 0.2) is 10.8 Å². The maximum absolute atomic E-state index is 13.0. The average Bonchev–Trinajstić information content (AvgIpc) is 3.32. The van der Waals surface area contributed by atoms with Crippen LogP contribution in [0.1, 0.15) is 12.7 Å². The summed E-state index contributed by atoms with van der Waals surface area (Å²) in [7, 11) is 1.64. The van der Waals surface area contributed by atoms with Crippen LogP contribution in [0.15, 0.2) is 10.3 Å². The Hall–Kier alpha value is -3.58. The molecular formula is C19H26N11O5S3+. The Morgan fingerprint density at radius 1 is 1.34 bits per heavy atom. The molecule has 4 heterocycles. The minimum absolute atomic E-state index is 0.0222. The van der Waals surface area contributed by atoms with Crippen molar-refractivity contribution >= 4 is 81.0 Å². The number of fused-ring (bicyclic) bond motifs is 1. The molecule has 0 spiro atoms. The molecule has 2 aliphatic rings. The molecule has 0 radical (unpaired) electrons. The third kappa shape index (κ3) is 4.95. The number of nitrogens with two attached hydrogens (primary N) is 4. The Kier molecular flexibility index (Phi) is 7.70. The van der Waals surface area contributed by atoms with Gasteiger partial charge in [0.25, 0.3) is 5.91 Å². The van der Waals surface area contributed by atoms with E-state index in [0.717, 1.165) is 23.3 Å². The number of carbonyl (C=O) groups is 3. The lowest BCUT2D eigenvalue weighted by Gasteiger charge is -2.53. The molecule has 2 aromatic heterocycles. The van der Waals surface area contributed by atoms with Crippen molar-refractivity contribution in [3.8, 4) is 0 Å². The number of nitrogens with one attached hydrogen (secondary N) is 1. The molecule has 204 valence electrons. The Labute approximate surface area is 228 Å². The lowest BCUT2D eigenvalue weighted by atomic mass is 9.89. The summed E-state index contributed by atoms with van der Waals surface area (Å²) < 4.78 is 5.51. The molecule has 2 saturated heterocycles. The zero-order chi connectivity index (χ0) is 27.8. The van der Waals surface area contributed by atoms with Crippen LogP contribution in [0.25, 0.3) is 0 Å². The van der Waals surface area contributed by atoms with Gasteiger partial charge in [-0.2, -0.15) is 9.36 Å². The van der Waals surface area contributed by atoms with Gasteiger partial charge in [0.2, 0.25) is 29.1 Å². The minimum atomic E-state index is -1.28. The second-order valence-corrected chi connectivity index (χ2v) is 11.3. The van der Waals surface area contributed by atoms with E-state index in [1.54, 1.807) is 14.0 Å². The normalized spacial score (nSPS) is 22.9. The van der Waals surface area contributed by atoms with Crippen LogP contribution in [0.4, 0.5) is 22.5 Å². The number of nitrogens with zero attached hydrogens (tertiary/aromatic N) is 6. The number of nitrogen functional groups attached to an aromatic ring is 4. The van der Waals surface area contributed by atoms with Crippen LogP contribution >= 0.6 is 35.1 Å². The summed E-state index contributed by atoms with van der Waals surface area (Å²) in [4.78, 5) is 52.9. The topological polar surface area (TPSA) is 255 Å². The zero-order valence-electron chi connectivity index (χ0n) is 20.3. The summed E-state index contributed by atoms with van der Waals surface area (Å²) in [5.74, 6) is -1.68. The van der Waals surface area contributed by atoms with E-state index in [2.05, 4.69) is 24.8 Å². The Morgan fingerprint density at radius 3 is 2.71 bits per heavy atom. The summed E-state index contributed by atoms with van der Waals surface area (Å²) in [6.45, 7) is 1.84. The number of thioether (sulfide) groups is 2. The van der Waals surface area contributed by atoms with Crippen molar-refractivity contribution in [2.45, 2.75) is 23.5 Å². The van der Waals surface area contributed by atoms with Gasteiger partial charge in [-0.3, -0.25) is 14.4 Å². The maximum Gasteiger partial charge on any atom is 0.313 e. The highest BCUT2D eigenvalue weighted by atomic mass is 32.2. The number of β-lactam (4-membered cyclic amide) rings is 1. The molecule has 2 unspecified atom stereocenters. The van der Waals surface area contributed by atoms with Crippen molar-refractivity contribution in [3.05, 3.63) is 5.82 Å². The first kappa shape index (κ1) is 27.5. The molecule has 2 amide bonds. The number of carboxylic acids is 1. The first-order chi connectivity index (χ1) is 18.0. The van der Waals surface area contributed by atoms with E-state index < -0.39 is 34.6 Å². The molecule has 2 aromatic rings. The first-order valence-electron chi connectivity index (χ1n) is 11.1. The van der Waals surface area contributed by atoms with E-state index in [0.29, 0.717) is 5.16 Å². The molecule has 4 rings (SSSR count). The van der Waals surface area contributed by atoms with E-state index in [4.69, 9.17) is 27.8 Å². The number of oxime groups is 1. The predicted octanol–water partition coefficient (Wildman–Crippen LogP) is -1.91. The molecule has 10 N–H and O–H groups in total. The summed E-state index contributed by atoms with van der Waals surface area (Å²) >= 11 is 3.30. The average molecular weight is 585 g/mol. The van der Waals surface area contributed by atoms with Crippen LogP contribution in [0, 0.1) is 5.41 Å². The minimum Gasteiger partial charge on any atom is -0.481 e. The number of aromatic nitrogens is 4. The van der Waals surface area contributed by atoms with Crippen molar-refractivity contribution in [3.63, 3.8) is 0 Å². The van der Waals surface area contributed by atoms with E-state index in [1.807, 2.05) is 0 Å². The highest BCUT2D eigenvalue weighted by Crippen LogP contribution is 2.44. The van der Waals surface area contributed by atoms with Crippen molar-refractivity contribution in [1.82, 2.24) is 24.6 Å². The fourth-order valence-corrected chi connectivity index (χ4v) is 7.03. The van der Waals surface area contributed by atoms with Gasteiger partial charge < -0.3 is 43.1 Å². The van der Waals surface area contributed by atoms with Gasteiger partial charge in [-0.1, -0.05) is 21.9 Å². The van der Waals surface area contributed by atoms with Gasteiger partial charge >= 0.3 is 11.1 Å². The summed E-state index contributed by atoms with van der Waals surface area (Å²) in [6.07, 6.45) is 0. The van der Waals surface area contributed by atoms with Crippen molar-refractivity contribution in [2.75, 3.05) is 47.6 Å². The third-order valence-electron chi connectivity index (χ3n) is 5.93. The SMILES string of the molecule is CCON=C(C(=O)NC1C(=O)N2CC(CSc3nc(N)c(N)c(N)[n+]3C)(C(=O)O)CS[C@H]12)c1nsc(N)n1. The number of amides is 2. The van der Waals surface area contributed by atoms with E-state index in [9.17, 15) is 19.5 Å². The molecule has 0 aliphatic carbocycles. The van der Waals surface area contributed by atoms with Crippen molar-refractivity contribution in [2.24, 2.45) is 17.6 Å².